The summed E-state index contributed by atoms with van der Waals surface area (Å²) in [5, 5.41) is 1.80. The summed E-state index contributed by atoms with van der Waals surface area (Å²) in [7, 11) is 0. The maximum atomic E-state index is 13.2. The summed E-state index contributed by atoms with van der Waals surface area (Å²) < 4.78 is 12.9. The maximum Gasteiger partial charge on any atom is 0.270 e. The number of rotatable bonds is 7. The monoisotopic (exact) mass is 661 g/mol. The van der Waals surface area contributed by atoms with Crippen LogP contribution in [0.5, 0.6) is 11.5 Å². The van der Waals surface area contributed by atoms with Crippen molar-refractivity contribution in [3.63, 3.8) is 0 Å². The van der Waals surface area contributed by atoms with E-state index in [4.69, 9.17) is 68.1 Å². The Hall–Kier alpha value is -1.45. The molecule has 1 amide bonds. The highest BCUT2D eigenvalue weighted by molar-refractivity contribution is 9.10. The van der Waals surface area contributed by atoms with Gasteiger partial charge in [0.05, 0.1) is 31.7 Å². The molecule has 11 heteroatoms. The van der Waals surface area contributed by atoms with E-state index in [9.17, 15) is 4.79 Å². The smallest absolute Gasteiger partial charge is 0.270 e. The molecule has 1 aliphatic rings. The van der Waals surface area contributed by atoms with E-state index in [1.165, 1.54) is 16.7 Å². The number of ether oxygens (including phenoxy) is 2. The summed E-state index contributed by atoms with van der Waals surface area (Å²) in [6.07, 6.45) is 1.75. The lowest BCUT2D eigenvalue weighted by atomic mass is 10.1. The van der Waals surface area contributed by atoms with E-state index in [1.807, 2.05) is 19.1 Å². The molecule has 1 aliphatic heterocycles. The first-order chi connectivity index (χ1) is 17.2. The lowest BCUT2D eigenvalue weighted by molar-refractivity contribution is -0.113. The Bertz CT molecular complexity index is 1400. The van der Waals surface area contributed by atoms with Crippen LogP contribution in [0.4, 0.5) is 5.69 Å². The van der Waals surface area contributed by atoms with Gasteiger partial charge in [0.15, 0.2) is 15.8 Å². The predicted molar refractivity (Wildman–Crippen MR) is 158 cm³/mol. The van der Waals surface area contributed by atoms with Crippen molar-refractivity contribution < 1.29 is 14.3 Å². The molecule has 0 unspecified atom stereocenters. The van der Waals surface area contributed by atoms with Crippen LogP contribution in [0, 0.1) is 0 Å². The fourth-order valence-corrected chi connectivity index (χ4v) is 5.96. The summed E-state index contributed by atoms with van der Waals surface area (Å²) >= 11 is 34.6. The number of carbonyl (C=O) groups excluding carboxylic acids is 1. The highest BCUT2D eigenvalue weighted by atomic mass is 79.9. The van der Waals surface area contributed by atoms with Crippen molar-refractivity contribution in [2.45, 2.75) is 13.5 Å². The molecule has 1 heterocycles. The number of thioether (sulfide) groups is 1. The molecule has 0 aliphatic carbocycles. The first-order valence-electron chi connectivity index (χ1n) is 10.4. The van der Waals surface area contributed by atoms with Gasteiger partial charge in [-0.2, -0.15) is 0 Å². The Morgan fingerprint density at radius 1 is 1.00 bits per heavy atom. The van der Waals surface area contributed by atoms with Gasteiger partial charge in [0, 0.05) is 15.6 Å². The molecule has 0 aromatic heterocycles. The van der Waals surface area contributed by atoms with E-state index >= 15 is 0 Å². The van der Waals surface area contributed by atoms with Crippen LogP contribution in [-0.2, 0) is 11.4 Å². The largest absolute Gasteiger partial charge is 0.490 e. The average molecular weight is 664 g/mol. The number of hydrogen-bond acceptors (Lipinski definition) is 5. The lowest BCUT2D eigenvalue weighted by Gasteiger charge is -2.16. The van der Waals surface area contributed by atoms with Crippen molar-refractivity contribution in [3.05, 3.63) is 89.1 Å². The second-order valence-corrected chi connectivity index (χ2v) is 11.6. The zero-order chi connectivity index (χ0) is 26.0. The van der Waals surface area contributed by atoms with Crippen LogP contribution in [0.25, 0.3) is 6.08 Å². The minimum Gasteiger partial charge on any atom is -0.490 e. The van der Waals surface area contributed by atoms with Gasteiger partial charge < -0.3 is 9.47 Å². The normalized spacial score (nSPS) is 14.6. The number of thiocarbonyl (C=S) groups is 1. The first-order valence-corrected chi connectivity index (χ1v) is 14.0. The third kappa shape index (κ3) is 6.16. The SMILES string of the molecule is CCOc1cc(/C=C2/SC(=S)N(c3ccc(Cl)c(Cl)c3)C2=O)cc(Br)c1OCc1ccc(Cl)cc1Cl. The Morgan fingerprint density at radius 3 is 2.47 bits per heavy atom. The predicted octanol–water partition coefficient (Wildman–Crippen LogP) is 9.45. The second-order valence-electron chi connectivity index (χ2n) is 7.40. The average Bonchev–Trinajstić information content (AvgIpc) is 3.09. The fraction of sp³-hybridized carbons (Fsp3) is 0.120. The minimum atomic E-state index is -0.254. The molecule has 4 nitrogen and oxygen atoms in total. The summed E-state index contributed by atoms with van der Waals surface area (Å²) in [5.41, 5.74) is 2.07. The quantitative estimate of drug-likeness (QED) is 0.186. The van der Waals surface area contributed by atoms with Crippen molar-refractivity contribution in [2.24, 2.45) is 0 Å². The second kappa shape index (κ2) is 11.9. The number of hydrogen-bond donors (Lipinski definition) is 0. The van der Waals surface area contributed by atoms with E-state index in [0.29, 0.717) is 57.6 Å². The van der Waals surface area contributed by atoms with Crippen LogP contribution in [-0.4, -0.2) is 16.8 Å². The fourth-order valence-electron chi connectivity index (χ4n) is 3.33. The van der Waals surface area contributed by atoms with Gasteiger partial charge in [0.25, 0.3) is 5.91 Å². The maximum absolute atomic E-state index is 13.2. The Balaban J connectivity index is 1.61. The molecule has 0 atom stereocenters. The zero-order valence-corrected chi connectivity index (χ0v) is 24.7. The molecule has 1 fully saturated rings. The van der Waals surface area contributed by atoms with Crippen LogP contribution in [0.15, 0.2) is 57.9 Å². The van der Waals surface area contributed by atoms with Crippen LogP contribution in [0.1, 0.15) is 18.1 Å². The highest BCUT2D eigenvalue weighted by Crippen LogP contribution is 2.41. The van der Waals surface area contributed by atoms with Gasteiger partial charge in [0.1, 0.15) is 6.61 Å². The molecule has 4 rings (SSSR count). The van der Waals surface area contributed by atoms with Crippen LogP contribution in [0.3, 0.4) is 0 Å². The van der Waals surface area contributed by atoms with E-state index < -0.39 is 0 Å². The van der Waals surface area contributed by atoms with Gasteiger partial charge in [-0.05, 0) is 77.0 Å². The molecular weight excluding hydrogens is 648 g/mol. The highest BCUT2D eigenvalue weighted by Gasteiger charge is 2.33. The number of nitrogens with zero attached hydrogens (tertiary/aromatic N) is 1. The first kappa shape index (κ1) is 27.6. The zero-order valence-electron chi connectivity index (χ0n) is 18.5. The van der Waals surface area contributed by atoms with Crippen LogP contribution >= 0.6 is 86.3 Å². The van der Waals surface area contributed by atoms with Gasteiger partial charge >= 0.3 is 0 Å². The Morgan fingerprint density at radius 2 is 1.78 bits per heavy atom. The Labute approximate surface area is 246 Å². The van der Waals surface area contributed by atoms with Gasteiger partial charge in [0.2, 0.25) is 0 Å². The summed E-state index contributed by atoms with van der Waals surface area (Å²) in [5.74, 6) is 0.779. The molecule has 0 bridgehead atoms. The topological polar surface area (TPSA) is 38.8 Å². The number of anilines is 1. The molecular formula is C25H16BrCl4NO3S2. The molecule has 36 heavy (non-hydrogen) atoms. The van der Waals surface area contributed by atoms with Crippen LogP contribution in [0.2, 0.25) is 20.1 Å². The standard InChI is InChI=1S/C25H16BrCl4NO3S2/c1-2-33-21-8-13(7-17(26)23(21)34-12-14-3-4-15(27)10-19(14)29)9-22-24(32)31(25(35)36-22)16-5-6-18(28)20(30)11-16/h3-11H,2,12H2,1H3/b22-9+. The van der Waals surface area contributed by atoms with Gasteiger partial charge in [-0.25, -0.2) is 0 Å². The van der Waals surface area contributed by atoms with Crippen molar-refractivity contribution in [2.75, 3.05) is 11.5 Å². The van der Waals surface area contributed by atoms with E-state index in [0.717, 1.165) is 11.1 Å². The number of amides is 1. The number of carbonyl (C=O) groups is 1. The van der Waals surface area contributed by atoms with Crippen molar-refractivity contribution in [3.8, 4) is 11.5 Å². The third-order valence-electron chi connectivity index (χ3n) is 4.97. The molecule has 3 aromatic carbocycles. The minimum absolute atomic E-state index is 0.219. The molecule has 3 aromatic rings. The number of halogens is 5. The molecule has 186 valence electrons. The van der Waals surface area contributed by atoms with Gasteiger partial charge in [-0.1, -0.05) is 76.4 Å². The van der Waals surface area contributed by atoms with E-state index in [2.05, 4.69) is 15.9 Å². The molecule has 0 saturated carbocycles. The molecule has 0 radical (unpaired) electrons. The molecule has 0 N–H and O–H groups in total. The van der Waals surface area contributed by atoms with Crippen LogP contribution < -0.4 is 14.4 Å². The summed E-state index contributed by atoms with van der Waals surface area (Å²) in [6.45, 7) is 2.52. The van der Waals surface area contributed by atoms with Crippen molar-refractivity contribution in [1.29, 1.82) is 0 Å². The summed E-state index contributed by atoms with van der Waals surface area (Å²) in [6, 6.07) is 13.8. The van der Waals surface area contributed by atoms with Gasteiger partial charge in [-0.15, -0.1) is 0 Å². The summed E-state index contributed by atoms with van der Waals surface area (Å²) in [4.78, 5) is 15.1. The molecule has 1 saturated heterocycles. The van der Waals surface area contributed by atoms with E-state index in [-0.39, 0.29) is 12.5 Å². The third-order valence-corrected chi connectivity index (χ3v) is 8.19. The number of benzene rings is 3. The van der Waals surface area contributed by atoms with E-state index in [1.54, 1.807) is 42.5 Å². The molecule has 0 spiro atoms. The van der Waals surface area contributed by atoms with Crippen molar-refractivity contribution >= 4 is 108 Å². The Kier molecular flexibility index (Phi) is 9.15. The van der Waals surface area contributed by atoms with Crippen molar-refractivity contribution in [1.82, 2.24) is 0 Å². The van der Waals surface area contributed by atoms with Gasteiger partial charge in [-0.3, -0.25) is 9.69 Å². The lowest BCUT2D eigenvalue weighted by Crippen LogP contribution is -2.27.